The number of nitrogens with one attached hydrogen (secondary N) is 2. The zero-order valence-corrected chi connectivity index (χ0v) is 10.1. The Morgan fingerprint density at radius 1 is 1.67 bits per heavy atom. The molecule has 7 nitrogen and oxygen atoms in total. The molecule has 5 N–H and O–H groups in total. The van der Waals surface area contributed by atoms with E-state index in [9.17, 15) is 4.79 Å². The highest BCUT2D eigenvalue weighted by Gasteiger charge is 2.12. The predicted molar refractivity (Wildman–Crippen MR) is 67.8 cm³/mol. The summed E-state index contributed by atoms with van der Waals surface area (Å²) >= 11 is 1.50. The standard InChI is InChI=1S/C10H11N5O2S/c11-9(15-17)7-5-12-14-10(7)13-8(16)4-6-2-1-3-18-6/h1-3,5,17H,4H2,(H2,11,15)(H2,12,13,14,16). The predicted octanol–water partition coefficient (Wildman–Crippen LogP) is 0.747. The maximum absolute atomic E-state index is 11.7. The highest BCUT2D eigenvalue weighted by Crippen LogP contribution is 2.13. The van der Waals surface area contributed by atoms with Crippen LogP contribution in [0.2, 0.25) is 0 Å². The van der Waals surface area contributed by atoms with Gasteiger partial charge in [-0.2, -0.15) is 5.10 Å². The van der Waals surface area contributed by atoms with Gasteiger partial charge in [-0.15, -0.1) is 11.3 Å². The first-order chi connectivity index (χ1) is 8.70. The molecule has 0 saturated heterocycles. The van der Waals surface area contributed by atoms with Crippen LogP contribution in [0.4, 0.5) is 5.82 Å². The van der Waals surface area contributed by atoms with E-state index in [0.29, 0.717) is 11.4 Å². The third-order valence-corrected chi connectivity index (χ3v) is 3.08. The van der Waals surface area contributed by atoms with Crippen LogP contribution in [0.3, 0.4) is 0 Å². The molecule has 94 valence electrons. The van der Waals surface area contributed by atoms with Crippen LogP contribution in [0.5, 0.6) is 0 Å². The number of amides is 1. The molecule has 0 bridgehead atoms. The molecule has 0 radical (unpaired) electrons. The summed E-state index contributed by atoms with van der Waals surface area (Å²) in [5.74, 6) is -0.00396. The Morgan fingerprint density at radius 3 is 3.17 bits per heavy atom. The van der Waals surface area contributed by atoms with Gasteiger partial charge in [0.05, 0.1) is 18.2 Å². The molecule has 1 amide bonds. The fraction of sp³-hybridized carbons (Fsp3) is 0.100. The number of thiophene rings is 1. The molecule has 2 heterocycles. The molecule has 0 atom stereocenters. The first-order valence-electron chi connectivity index (χ1n) is 5.04. The van der Waals surface area contributed by atoms with E-state index in [4.69, 9.17) is 10.9 Å². The number of aromatic amines is 1. The van der Waals surface area contributed by atoms with E-state index in [1.54, 1.807) is 0 Å². The number of hydrogen-bond acceptors (Lipinski definition) is 5. The van der Waals surface area contributed by atoms with E-state index in [-0.39, 0.29) is 18.2 Å². The molecule has 8 heteroatoms. The number of H-pyrrole nitrogens is 1. The first-order valence-corrected chi connectivity index (χ1v) is 5.92. The highest BCUT2D eigenvalue weighted by molar-refractivity contribution is 7.10. The average Bonchev–Trinajstić information content (AvgIpc) is 2.99. The second kappa shape index (κ2) is 5.32. The lowest BCUT2D eigenvalue weighted by Gasteiger charge is -2.03. The summed E-state index contributed by atoms with van der Waals surface area (Å²) in [6.45, 7) is 0. The van der Waals surface area contributed by atoms with Gasteiger partial charge in [-0.3, -0.25) is 9.89 Å². The molecular formula is C10H11N5O2S. The van der Waals surface area contributed by atoms with Gasteiger partial charge in [-0.05, 0) is 11.4 Å². The zero-order chi connectivity index (χ0) is 13.0. The van der Waals surface area contributed by atoms with Crippen LogP contribution in [-0.2, 0) is 11.2 Å². The molecule has 0 aliphatic heterocycles. The van der Waals surface area contributed by atoms with Gasteiger partial charge in [0.2, 0.25) is 5.91 Å². The van der Waals surface area contributed by atoms with Crippen molar-refractivity contribution >= 4 is 28.9 Å². The van der Waals surface area contributed by atoms with E-state index in [1.807, 2.05) is 17.5 Å². The fourth-order valence-corrected chi connectivity index (χ4v) is 2.09. The van der Waals surface area contributed by atoms with Crippen molar-refractivity contribution in [3.8, 4) is 0 Å². The molecule has 2 aromatic rings. The molecule has 0 fully saturated rings. The minimum Gasteiger partial charge on any atom is -0.409 e. The Morgan fingerprint density at radius 2 is 2.50 bits per heavy atom. The van der Waals surface area contributed by atoms with Gasteiger partial charge in [-0.25, -0.2) is 0 Å². The van der Waals surface area contributed by atoms with Gasteiger partial charge in [-0.1, -0.05) is 11.2 Å². The summed E-state index contributed by atoms with van der Waals surface area (Å²) in [5, 5.41) is 22.3. The summed E-state index contributed by atoms with van der Waals surface area (Å²) in [6, 6.07) is 3.76. The van der Waals surface area contributed by atoms with E-state index in [0.717, 1.165) is 4.88 Å². The van der Waals surface area contributed by atoms with Crippen LogP contribution in [-0.4, -0.2) is 27.1 Å². The van der Waals surface area contributed by atoms with Crippen molar-refractivity contribution in [2.75, 3.05) is 5.32 Å². The summed E-state index contributed by atoms with van der Waals surface area (Å²) in [5.41, 5.74) is 5.79. The Hall–Kier alpha value is -2.35. The lowest BCUT2D eigenvalue weighted by atomic mass is 10.3. The Labute approximate surface area is 106 Å². The molecular weight excluding hydrogens is 254 g/mol. The molecule has 18 heavy (non-hydrogen) atoms. The minimum atomic E-state index is -0.200. The SMILES string of the molecule is NC(=NO)c1cn[nH]c1NC(=O)Cc1cccs1. The molecule has 0 spiro atoms. The molecule has 0 aliphatic rings. The van der Waals surface area contributed by atoms with Gasteiger partial charge in [0, 0.05) is 4.88 Å². The first kappa shape index (κ1) is 12.1. The van der Waals surface area contributed by atoms with E-state index in [2.05, 4.69) is 20.7 Å². The van der Waals surface area contributed by atoms with Gasteiger partial charge >= 0.3 is 0 Å². The number of aromatic nitrogens is 2. The third-order valence-electron chi connectivity index (χ3n) is 2.20. The van der Waals surface area contributed by atoms with Crippen LogP contribution in [0.1, 0.15) is 10.4 Å². The van der Waals surface area contributed by atoms with Crippen molar-refractivity contribution in [1.29, 1.82) is 0 Å². The number of anilines is 1. The summed E-state index contributed by atoms with van der Waals surface area (Å²) < 4.78 is 0. The zero-order valence-electron chi connectivity index (χ0n) is 9.25. The Kier molecular flexibility index (Phi) is 3.58. The van der Waals surface area contributed by atoms with Crippen molar-refractivity contribution in [2.45, 2.75) is 6.42 Å². The molecule has 0 unspecified atom stereocenters. The fourth-order valence-electron chi connectivity index (χ4n) is 1.38. The van der Waals surface area contributed by atoms with Crippen LogP contribution in [0, 0.1) is 0 Å². The number of oxime groups is 1. The van der Waals surface area contributed by atoms with Crippen molar-refractivity contribution in [3.05, 3.63) is 34.2 Å². The molecule has 0 aliphatic carbocycles. The van der Waals surface area contributed by atoms with Gasteiger partial charge in [0.1, 0.15) is 5.82 Å². The number of carbonyl (C=O) groups is 1. The molecule has 2 rings (SSSR count). The highest BCUT2D eigenvalue weighted by atomic mass is 32.1. The number of rotatable bonds is 4. The number of amidine groups is 1. The number of nitrogens with two attached hydrogens (primary N) is 1. The van der Waals surface area contributed by atoms with E-state index >= 15 is 0 Å². The number of nitrogens with zero attached hydrogens (tertiary/aromatic N) is 2. The average molecular weight is 265 g/mol. The second-order valence-corrected chi connectivity index (χ2v) is 4.48. The topological polar surface area (TPSA) is 116 Å². The smallest absolute Gasteiger partial charge is 0.230 e. The van der Waals surface area contributed by atoms with Crippen LogP contribution >= 0.6 is 11.3 Å². The third kappa shape index (κ3) is 2.66. The molecule has 2 aromatic heterocycles. The lowest BCUT2D eigenvalue weighted by molar-refractivity contribution is -0.115. The van der Waals surface area contributed by atoms with Gasteiger partial charge < -0.3 is 16.3 Å². The van der Waals surface area contributed by atoms with Gasteiger partial charge in [0.25, 0.3) is 0 Å². The molecule has 0 saturated carbocycles. The normalized spacial score (nSPS) is 11.4. The monoisotopic (exact) mass is 265 g/mol. The number of hydrogen-bond donors (Lipinski definition) is 4. The van der Waals surface area contributed by atoms with E-state index in [1.165, 1.54) is 17.5 Å². The summed E-state index contributed by atoms with van der Waals surface area (Å²) in [7, 11) is 0. The van der Waals surface area contributed by atoms with Gasteiger partial charge in [0.15, 0.2) is 5.84 Å². The summed E-state index contributed by atoms with van der Waals surface area (Å²) in [4.78, 5) is 12.7. The largest absolute Gasteiger partial charge is 0.409 e. The lowest BCUT2D eigenvalue weighted by Crippen LogP contribution is -2.19. The maximum atomic E-state index is 11.7. The van der Waals surface area contributed by atoms with E-state index < -0.39 is 0 Å². The van der Waals surface area contributed by atoms with Crippen molar-refractivity contribution < 1.29 is 10.0 Å². The van der Waals surface area contributed by atoms with Crippen LogP contribution in [0.15, 0.2) is 28.9 Å². The van der Waals surface area contributed by atoms with Crippen molar-refractivity contribution in [1.82, 2.24) is 10.2 Å². The second-order valence-electron chi connectivity index (χ2n) is 3.45. The maximum Gasteiger partial charge on any atom is 0.230 e. The summed E-state index contributed by atoms with van der Waals surface area (Å²) in [6.07, 6.45) is 1.64. The van der Waals surface area contributed by atoms with Crippen LogP contribution in [0.25, 0.3) is 0 Å². The van der Waals surface area contributed by atoms with Crippen molar-refractivity contribution in [3.63, 3.8) is 0 Å². The Bertz CT molecular complexity index is 561. The Balaban J connectivity index is 2.06. The number of carbonyl (C=O) groups excluding carboxylic acids is 1. The minimum absolute atomic E-state index is 0.116. The van der Waals surface area contributed by atoms with Crippen LogP contribution < -0.4 is 11.1 Å². The molecule has 0 aromatic carbocycles. The quantitative estimate of drug-likeness (QED) is 0.282. The van der Waals surface area contributed by atoms with Crippen molar-refractivity contribution in [2.24, 2.45) is 10.9 Å².